The van der Waals surface area contributed by atoms with Crippen molar-refractivity contribution in [2.45, 2.75) is 18.4 Å². The Labute approximate surface area is 151 Å². The molecule has 1 N–H and O–H groups in total. The molecule has 7 heteroatoms. The summed E-state index contributed by atoms with van der Waals surface area (Å²) >= 11 is 5.88. The number of rotatable bonds is 5. The van der Waals surface area contributed by atoms with Gasteiger partial charge in [-0.25, -0.2) is 13.4 Å². The van der Waals surface area contributed by atoms with E-state index in [9.17, 15) is 8.42 Å². The van der Waals surface area contributed by atoms with Gasteiger partial charge in [0.25, 0.3) is 0 Å². The van der Waals surface area contributed by atoms with Crippen LogP contribution < -0.4 is 5.32 Å². The van der Waals surface area contributed by atoms with Crippen LogP contribution in [-0.2, 0) is 16.4 Å². The van der Waals surface area contributed by atoms with E-state index in [0.29, 0.717) is 23.2 Å². The van der Waals surface area contributed by atoms with E-state index in [1.54, 1.807) is 36.5 Å². The van der Waals surface area contributed by atoms with E-state index in [4.69, 9.17) is 16.0 Å². The standard InChI is InChI=1S/C18H17ClN2O3S/c1-12-3-8-15(25(2,22)23)9-16(12)20-11-18-21-10-17(24-18)13-4-6-14(19)7-5-13/h3-10,20H,11H2,1-2H3. The average molecular weight is 377 g/mol. The Hall–Kier alpha value is -2.31. The smallest absolute Gasteiger partial charge is 0.214 e. The maximum atomic E-state index is 11.7. The lowest BCUT2D eigenvalue weighted by atomic mass is 10.2. The van der Waals surface area contributed by atoms with Crippen LogP contribution in [0.4, 0.5) is 5.69 Å². The van der Waals surface area contributed by atoms with Crippen molar-refractivity contribution in [1.82, 2.24) is 4.98 Å². The van der Waals surface area contributed by atoms with Gasteiger partial charge in [-0.05, 0) is 48.9 Å². The number of hydrogen-bond donors (Lipinski definition) is 1. The first-order chi connectivity index (χ1) is 11.8. The number of oxazole rings is 1. The lowest BCUT2D eigenvalue weighted by Crippen LogP contribution is -2.04. The number of halogens is 1. The molecular formula is C18H17ClN2O3S. The van der Waals surface area contributed by atoms with E-state index in [-0.39, 0.29) is 4.90 Å². The molecule has 25 heavy (non-hydrogen) atoms. The van der Waals surface area contributed by atoms with E-state index in [1.807, 2.05) is 19.1 Å². The van der Waals surface area contributed by atoms with Crippen LogP contribution >= 0.6 is 11.6 Å². The fourth-order valence-corrected chi connectivity index (χ4v) is 3.11. The number of nitrogens with zero attached hydrogens (tertiary/aromatic N) is 1. The summed E-state index contributed by atoms with van der Waals surface area (Å²) in [6.45, 7) is 2.25. The molecule has 0 aliphatic heterocycles. The molecule has 1 heterocycles. The highest BCUT2D eigenvalue weighted by molar-refractivity contribution is 7.90. The predicted octanol–water partition coefficient (Wildman–Crippen LogP) is 4.32. The molecule has 130 valence electrons. The van der Waals surface area contributed by atoms with E-state index in [2.05, 4.69) is 10.3 Å². The normalized spacial score (nSPS) is 11.5. The minimum absolute atomic E-state index is 0.273. The molecule has 2 aromatic carbocycles. The highest BCUT2D eigenvalue weighted by atomic mass is 35.5. The molecule has 0 amide bonds. The van der Waals surface area contributed by atoms with Gasteiger partial charge < -0.3 is 9.73 Å². The van der Waals surface area contributed by atoms with Gasteiger partial charge in [-0.1, -0.05) is 17.7 Å². The SMILES string of the molecule is Cc1ccc(S(C)(=O)=O)cc1NCc1ncc(-c2ccc(Cl)cc2)o1. The number of anilines is 1. The van der Waals surface area contributed by atoms with Gasteiger partial charge in [0, 0.05) is 22.5 Å². The zero-order valence-electron chi connectivity index (χ0n) is 13.8. The van der Waals surface area contributed by atoms with Crippen molar-refractivity contribution >= 4 is 27.1 Å². The number of aromatic nitrogens is 1. The van der Waals surface area contributed by atoms with Crippen molar-refractivity contribution < 1.29 is 12.8 Å². The van der Waals surface area contributed by atoms with E-state index in [1.165, 1.54) is 6.26 Å². The third-order valence-corrected chi connectivity index (χ3v) is 5.11. The molecule has 0 saturated heterocycles. The Morgan fingerprint density at radius 3 is 2.56 bits per heavy atom. The predicted molar refractivity (Wildman–Crippen MR) is 98.6 cm³/mol. The number of nitrogens with one attached hydrogen (secondary N) is 1. The molecule has 0 saturated carbocycles. The highest BCUT2D eigenvalue weighted by Crippen LogP contribution is 2.24. The van der Waals surface area contributed by atoms with E-state index >= 15 is 0 Å². The third kappa shape index (κ3) is 4.21. The van der Waals surface area contributed by atoms with Crippen molar-refractivity contribution in [2.24, 2.45) is 0 Å². The summed E-state index contributed by atoms with van der Waals surface area (Å²) in [5.41, 5.74) is 2.56. The van der Waals surface area contributed by atoms with Gasteiger partial charge >= 0.3 is 0 Å². The van der Waals surface area contributed by atoms with Gasteiger partial charge in [0.05, 0.1) is 17.6 Å². The van der Waals surface area contributed by atoms with E-state index < -0.39 is 9.84 Å². The number of sulfone groups is 1. The molecule has 0 radical (unpaired) electrons. The summed E-state index contributed by atoms with van der Waals surface area (Å²) in [7, 11) is -3.25. The van der Waals surface area contributed by atoms with Gasteiger partial charge in [-0.3, -0.25) is 0 Å². The molecule has 0 fully saturated rings. The molecule has 0 spiro atoms. The fraction of sp³-hybridized carbons (Fsp3) is 0.167. The summed E-state index contributed by atoms with van der Waals surface area (Å²) in [6, 6.07) is 12.3. The van der Waals surface area contributed by atoms with E-state index in [0.717, 1.165) is 16.8 Å². The van der Waals surface area contributed by atoms with Crippen LogP contribution in [0.5, 0.6) is 0 Å². The molecule has 5 nitrogen and oxygen atoms in total. The Bertz CT molecular complexity index is 995. The second kappa shape index (κ2) is 6.90. The van der Waals surface area contributed by atoms with Crippen LogP contribution in [0, 0.1) is 6.92 Å². The molecule has 0 aliphatic rings. The van der Waals surface area contributed by atoms with Crippen LogP contribution in [0.1, 0.15) is 11.5 Å². The van der Waals surface area contributed by atoms with Crippen molar-refractivity contribution in [2.75, 3.05) is 11.6 Å². The molecule has 0 unspecified atom stereocenters. The monoisotopic (exact) mass is 376 g/mol. The summed E-state index contributed by atoms with van der Waals surface area (Å²) in [4.78, 5) is 4.52. The first-order valence-corrected chi connectivity index (χ1v) is 9.85. The first kappa shape index (κ1) is 17.5. The Kier molecular flexibility index (Phi) is 4.83. The number of aryl methyl sites for hydroxylation is 1. The van der Waals surface area contributed by atoms with Gasteiger partial charge in [-0.2, -0.15) is 0 Å². The molecule has 0 aliphatic carbocycles. The largest absolute Gasteiger partial charge is 0.439 e. The van der Waals surface area contributed by atoms with Gasteiger partial charge in [0.2, 0.25) is 5.89 Å². The maximum absolute atomic E-state index is 11.7. The number of hydrogen-bond acceptors (Lipinski definition) is 5. The summed E-state index contributed by atoms with van der Waals surface area (Å²) in [5.74, 6) is 1.16. The number of benzene rings is 2. The Balaban J connectivity index is 1.75. The Morgan fingerprint density at radius 2 is 1.88 bits per heavy atom. The summed E-state index contributed by atoms with van der Waals surface area (Å²) in [5, 5.41) is 3.83. The zero-order chi connectivity index (χ0) is 18.0. The van der Waals surface area contributed by atoms with Crippen LogP contribution in [-0.4, -0.2) is 19.7 Å². The minimum Gasteiger partial charge on any atom is -0.439 e. The fourth-order valence-electron chi connectivity index (χ4n) is 2.33. The highest BCUT2D eigenvalue weighted by Gasteiger charge is 2.11. The van der Waals surface area contributed by atoms with Crippen LogP contribution in [0.25, 0.3) is 11.3 Å². The minimum atomic E-state index is -3.25. The second-order valence-corrected chi connectivity index (χ2v) is 8.18. The molecule has 0 bridgehead atoms. The van der Waals surface area contributed by atoms with Crippen LogP contribution in [0.2, 0.25) is 5.02 Å². The first-order valence-electron chi connectivity index (χ1n) is 7.58. The molecule has 3 aromatic rings. The van der Waals surface area contributed by atoms with Gasteiger partial charge in [0.15, 0.2) is 15.6 Å². The molecule has 0 atom stereocenters. The molecule has 3 rings (SSSR count). The topological polar surface area (TPSA) is 72.2 Å². The van der Waals surface area contributed by atoms with Gasteiger partial charge in [0.1, 0.15) is 0 Å². The van der Waals surface area contributed by atoms with Crippen molar-refractivity contribution in [1.29, 1.82) is 0 Å². The maximum Gasteiger partial charge on any atom is 0.214 e. The summed E-state index contributed by atoms with van der Waals surface area (Å²) in [6.07, 6.45) is 2.84. The second-order valence-electron chi connectivity index (χ2n) is 5.73. The third-order valence-electron chi connectivity index (χ3n) is 3.75. The summed E-state index contributed by atoms with van der Waals surface area (Å²) < 4.78 is 29.1. The Morgan fingerprint density at radius 1 is 1.16 bits per heavy atom. The lowest BCUT2D eigenvalue weighted by molar-refractivity contribution is 0.516. The van der Waals surface area contributed by atoms with Crippen LogP contribution in [0.3, 0.4) is 0 Å². The lowest BCUT2D eigenvalue weighted by Gasteiger charge is -2.09. The van der Waals surface area contributed by atoms with Crippen molar-refractivity contribution in [3.8, 4) is 11.3 Å². The average Bonchev–Trinajstić information content (AvgIpc) is 3.02. The van der Waals surface area contributed by atoms with Crippen LogP contribution in [0.15, 0.2) is 58.0 Å². The van der Waals surface area contributed by atoms with Gasteiger partial charge in [-0.15, -0.1) is 0 Å². The zero-order valence-corrected chi connectivity index (χ0v) is 15.4. The molecular weight excluding hydrogens is 360 g/mol. The van der Waals surface area contributed by atoms with Crippen molar-refractivity contribution in [3.63, 3.8) is 0 Å². The molecule has 1 aromatic heterocycles. The van der Waals surface area contributed by atoms with Crippen molar-refractivity contribution in [3.05, 3.63) is 65.1 Å². The quantitative estimate of drug-likeness (QED) is 0.718.